The van der Waals surface area contributed by atoms with Crippen LogP contribution in [0.3, 0.4) is 0 Å². The molecule has 110 valence electrons. The van der Waals surface area contributed by atoms with Gasteiger partial charge in [-0.1, -0.05) is 83.8 Å². The van der Waals surface area contributed by atoms with Crippen molar-refractivity contribution in [2.75, 3.05) is 0 Å². The van der Waals surface area contributed by atoms with Crippen LogP contribution in [0.2, 0.25) is 0 Å². The molecule has 0 unspecified atom stereocenters. The van der Waals surface area contributed by atoms with E-state index in [0.717, 1.165) is 12.1 Å². The average Bonchev–Trinajstić information content (AvgIpc) is 2.42. The normalized spacial score (nSPS) is 9.89. The molecule has 0 fully saturated rings. The van der Waals surface area contributed by atoms with Crippen molar-refractivity contribution in [3.8, 4) is 0 Å². The van der Waals surface area contributed by atoms with Gasteiger partial charge in [0.05, 0.1) is 0 Å². The third kappa shape index (κ3) is 11.9. The maximum Gasteiger partial charge on any atom is 0.158 e. The first-order chi connectivity index (χ1) is 9.22. The van der Waals surface area contributed by atoms with E-state index in [1.807, 2.05) is 0 Å². The van der Waals surface area contributed by atoms with Gasteiger partial charge in [-0.3, -0.25) is 0 Å². The van der Waals surface area contributed by atoms with E-state index < -0.39 is 11.6 Å². The van der Waals surface area contributed by atoms with Crippen LogP contribution in [0.5, 0.6) is 0 Å². The van der Waals surface area contributed by atoms with Gasteiger partial charge in [0.15, 0.2) is 11.6 Å². The van der Waals surface area contributed by atoms with E-state index in [1.165, 1.54) is 69.9 Å². The van der Waals surface area contributed by atoms with Crippen molar-refractivity contribution in [2.24, 2.45) is 0 Å². The number of halogens is 2. The molecule has 0 aliphatic carbocycles. The van der Waals surface area contributed by atoms with Crippen molar-refractivity contribution in [1.29, 1.82) is 0 Å². The predicted octanol–water partition coefficient (Wildman–Crippen LogP) is 6.50. The Morgan fingerprint density at radius 1 is 0.632 bits per heavy atom. The molecule has 0 amide bonds. The zero-order valence-electron chi connectivity index (χ0n) is 12.4. The fourth-order valence-electron chi connectivity index (χ4n) is 1.82. The van der Waals surface area contributed by atoms with E-state index in [-0.39, 0.29) is 0 Å². The highest BCUT2D eigenvalue weighted by atomic mass is 19.2. The van der Waals surface area contributed by atoms with Gasteiger partial charge in [-0.25, -0.2) is 8.78 Å². The topological polar surface area (TPSA) is 0 Å². The lowest BCUT2D eigenvalue weighted by Gasteiger charge is -1.98. The van der Waals surface area contributed by atoms with Gasteiger partial charge in [-0.15, -0.1) is 0 Å². The third-order valence-corrected chi connectivity index (χ3v) is 3.03. The summed E-state index contributed by atoms with van der Waals surface area (Å²) in [5.41, 5.74) is 0. The Kier molecular flexibility index (Phi) is 12.9. The zero-order chi connectivity index (χ0) is 14.3. The van der Waals surface area contributed by atoms with Crippen LogP contribution in [0.15, 0.2) is 24.3 Å². The van der Waals surface area contributed by atoms with Gasteiger partial charge in [0.1, 0.15) is 0 Å². The summed E-state index contributed by atoms with van der Waals surface area (Å²) in [6.07, 6.45) is 13.0. The molecule has 1 rings (SSSR count). The van der Waals surface area contributed by atoms with Crippen molar-refractivity contribution >= 4 is 0 Å². The van der Waals surface area contributed by atoms with E-state index in [4.69, 9.17) is 0 Å². The minimum Gasteiger partial charge on any atom is -0.204 e. The number of hydrogen-bond donors (Lipinski definition) is 0. The summed E-state index contributed by atoms with van der Waals surface area (Å²) in [7, 11) is 0. The molecule has 0 saturated carbocycles. The molecule has 19 heavy (non-hydrogen) atoms. The van der Waals surface area contributed by atoms with Crippen LogP contribution in [-0.2, 0) is 0 Å². The smallest absolute Gasteiger partial charge is 0.158 e. The summed E-state index contributed by atoms with van der Waals surface area (Å²) in [5.74, 6) is -1.60. The summed E-state index contributed by atoms with van der Waals surface area (Å²) in [6, 6.07) is 5.04. The van der Waals surface area contributed by atoms with Crippen molar-refractivity contribution in [3.05, 3.63) is 35.9 Å². The Bertz CT molecular complexity index is 268. The standard InChI is InChI=1S/C11H24.C6H4F2/c1-3-5-7-9-11-10-8-6-4-2;7-5-3-1-2-4-6(5)8/h3-11H2,1-2H3;1-4H. The summed E-state index contributed by atoms with van der Waals surface area (Å²) in [6.45, 7) is 4.55. The highest BCUT2D eigenvalue weighted by Gasteiger charge is 1.93. The van der Waals surface area contributed by atoms with Crippen LogP contribution < -0.4 is 0 Å². The highest BCUT2D eigenvalue weighted by Crippen LogP contribution is 2.08. The Morgan fingerprint density at radius 3 is 1.21 bits per heavy atom. The summed E-state index contributed by atoms with van der Waals surface area (Å²) < 4.78 is 23.9. The van der Waals surface area contributed by atoms with E-state index in [9.17, 15) is 8.78 Å². The summed E-state index contributed by atoms with van der Waals surface area (Å²) in [5, 5.41) is 0. The lowest BCUT2D eigenvalue weighted by Crippen LogP contribution is -1.79. The fraction of sp³-hybridized carbons (Fsp3) is 0.647. The van der Waals surface area contributed by atoms with Crippen LogP contribution in [0, 0.1) is 11.6 Å². The number of rotatable bonds is 8. The molecule has 0 aromatic heterocycles. The maximum atomic E-state index is 11.9. The van der Waals surface area contributed by atoms with E-state index >= 15 is 0 Å². The Hall–Kier alpha value is -0.920. The average molecular weight is 270 g/mol. The van der Waals surface area contributed by atoms with Crippen LogP contribution in [0.1, 0.15) is 71.6 Å². The van der Waals surface area contributed by atoms with E-state index in [2.05, 4.69) is 13.8 Å². The van der Waals surface area contributed by atoms with Gasteiger partial charge >= 0.3 is 0 Å². The lowest BCUT2D eigenvalue weighted by molar-refractivity contribution is 0.508. The Labute approximate surface area is 117 Å². The Balaban J connectivity index is 0.000000356. The fourth-order valence-corrected chi connectivity index (χ4v) is 1.82. The molecular formula is C17H28F2. The second kappa shape index (κ2) is 13.5. The molecule has 0 spiro atoms. The monoisotopic (exact) mass is 270 g/mol. The zero-order valence-corrected chi connectivity index (χ0v) is 12.4. The van der Waals surface area contributed by atoms with E-state index in [0.29, 0.717) is 0 Å². The highest BCUT2D eigenvalue weighted by molar-refractivity contribution is 5.05. The Morgan fingerprint density at radius 2 is 0.947 bits per heavy atom. The largest absolute Gasteiger partial charge is 0.204 e. The molecule has 0 heterocycles. The number of benzene rings is 1. The SMILES string of the molecule is CCCCCCCCCCC.Fc1ccccc1F. The quantitative estimate of drug-likeness (QED) is 0.473. The summed E-state index contributed by atoms with van der Waals surface area (Å²) >= 11 is 0. The van der Waals surface area contributed by atoms with Crippen molar-refractivity contribution < 1.29 is 8.78 Å². The van der Waals surface area contributed by atoms with Gasteiger partial charge < -0.3 is 0 Å². The molecule has 0 aliphatic rings. The minimum atomic E-state index is -0.799. The number of hydrogen-bond acceptors (Lipinski definition) is 0. The maximum absolute atomic E-state index is 11.9. The van der Waals surface area contributed by atoms with Crippen LogP contribution in [0.25, 0.3) is 0 Å². The van der Waals surface area contributed by atoms with Crippen molar-refractivity contribution in [3.63, 3.8) is 0 Å². The molecule has 1 aromatic carbocycles. The molecule has 0 radical (unpaired) electrons. The van der Waals surface area contributed by atoms with Gasteiger partial charge in [0, 0.05) is 0 Å². The first-order valence-electron chi connectivity index (χ1n) is 7.62. The van der Waals surface area contributed by atoms with Crippen LogP contribution >= 0.6 is 0 Å². The minimum absolute atomic E-state index is 0.799. The van der Waals surface area contributed by atoms with E-state index in [1.54, 1.807) is 0 Å². The molecule has 0 aliphatic heterocycles. The van der Waals surface area contributed by atoms with Crippen molar-refractivity contribution in [1.82, 2.24) is 0 Å². The molecule has 0 nitrogen and oxygen atoms in total. The second-order valence-electron chi connectivity index (χ2n) is 4.89. The van der Waals surface area contributed by atoms with Crippen LogP contribution in [0.4, 0.5) is 8.78 Å². The lowest BCUT2D eigenvalue weighted by atomic mass is 10.1. The van der Waals surface area contributed by atoms with Gasteiger partial charge in [-0.05, 0) is 12.1 Å². The molecule has 2 heteroatoms. The first-order valence-corrected chi connectivity index (χ1v) is 7.62. The van der Waals surface area contributed by atoms with Gasteiger partial charge in [-0.2, -0.15) is 0 Å². The molecule has 0 saturated heterocycles. The van der Waals surface area contributed by atoms with Gasteiger partial charge in [0.2, 0.25) is 0 Å². The first kappa shape index (κ1) is 18.1. The molecular weight excluding hydrogens is 242 g/mol. The molecule has 0 atom stereocenters. The molecule has 0 N–H and O–H groups in total. The number of unbranched alkanes of at least 4 members (excludes halogenated alkanes) is 8. The van der Waals surface area contributed by atoms with Crippen LogP contribution in [-0.4, -0.2) is 0 Å². The molecule has 0 bridgehead atoms. The van der Waals surface area contributed by atoms with Gasteiger partial charge in [0.25, 0.3) is 0 Å². The second-order valence-corrected chi connectivity index (χ2v) is 4.89. The summed E-state index contributed by atoms with van der Waals surface area (Å²) in [4.78, 5) is 0. The third-order valence-electron chi connectivity index (χ3n) is 3.03. The predicted molar refractivity (Wildman–Crippen MR) is 79.3 cm³/mol. The van der Waals surface area contributed by atoms with Crippen molar-refractivity contribution in [2.45, 2.75) is 71.6 Å². The molecule has 1 aromatic rings.